The van der Waals surface area contributed by atoms with Crippen LogP contribution in [0.1, 0.15) is 141 Å². The van der Waals surface area contributed by atoms with Crippen LogP contribution in [0.3, 0.4) is 0 Å². The van der Waals surface area contributed by atoms with Crippen molar-refractivity contribution < 1.29 is 81.7 Å². The molecule has 4 fully saturated rings. The van der Waals surface area contributed by atoms with E-state index < -0.39 is 24.0 Å². The number of likely N-dealkylation sites (N-methyl/N-ethyl adjacent to an activating group) is 5. The molecular formula is C92H112Cl4N14O17. The minimum absolute atomic E-state index is 0.0468. The van der Waals surface area contributed by atoms with Crippen molar-refractivity contribution in [1.82, 2.24) is 69.7 Å². The van der Waals surface area contributed by atoms with E-state index in [1.165, 1.54) is 53.0 Å². The lowest BCUT2D eigenvalue weighted by molar-refractivity contribution is -0.146. The van der Waals surface area contributed by atoms with Gasteiger partial charge in [-0.05, 0) is 212 Å². The number of rotatable bonds is 22. The molecule has 35 heteroatoms. The van der Waals surface area contributed by atoms with Gasteiger partial charge in [-0.15, -0.1) is 0 Å². The van der Waals surface area contributed by atoms with Crippen LogP contribution in [0.5, 0.6) is 23.0 Å². The van der Waals surface area contributed by atoms with Crippen LogP contribution in [0.15, 0.2) is 140 Å². The first-order valence-electron chi connectivity index (χ1n) is 41.4. The summed E-state index contributed by atoms with van der Waals surface area (Å²) >= 11 is 25.3. The Morgan fingerprint density at radius 2 is 0.748 bits per heavy atom. The molecule has 3 N–H and O–H groups in total. The van der Waals surface area contributed by atoms with E-state index in [-0.39, 0.29) is 96.0 Å². The number of benzene rings is 4. The Bertz CT molecular complexity index is 5230. The van der Waals surface area contributed by atoms with Gasteiger partial charge in [-0.2, -0.15) is 0 Å². The highest BCUT2D eigenvalue weighted by molar-refractivity contribution is 6.33. The van der Waals surface area contributed by atoms with Gasteiger partial charge in [-0.3, -0.25) is 38.7 Å². The van der Waals surface area contributed by atoms with Crippen LogP contribution in [0.4, 0.5) is 0 Å². The van der Waals surface area contributed by atoms with Crippen LogP contribution in [0.2, 0.25) is 20.1 Å². The van der Waals surface area contributed by atoms with Gasteiger partial charge in [0.05, 0.1) is 108 Å². The molecule has 680 valence electrons. The second-order valence-corrected chi connectivity index (χ2v) is 34.2. The molecule has 4 saturated heterocycles. The number of carbonyl (C=O) groups excluding carboxylic acids is 5. The van der Waals surface area contributed by atoms with Crippen molar-refractivity contribution in [2.24, 2.45) is 0 Å². The summed E-state index contributed by atoms with van der Waals surface area (Å²) in [4.78, 5) is 123. The van der Waals surface area contributed by atoms with E-state index in [0.717, 1.165) is 86.3 Å². The number of hydrogen-bond donors (Lipinski definition) is 3. The number of ether oxygens (including phenoxy) is 8. The van der Waals surface area contributed by atoms with Gasteiger partial charge in [-0.1, -0.05) is 52.0 Å². The Morgan fingerprint density at radius 1 is 0.402 bits per heavy atom. The van der Waals surface area contributed by atoms with Gasteiger partial charge in [0.15, 0.2) is 0 Å². The average molecular weight is 1830 g/mol. The van der Waals surface area contributed by atoms with Gasteiger partial charge >= 0.3 is 35.8 Å². The number of aromatic nitrogens is 8. The molecule has 0 bridgehead atoms. The molecule has 0 spiro atoms. The fourth-order valence-corrected chi connectivity index (χ4v) is 16.0. The number of nitrogens with one attached hydrogen (secondary N) is 1. The number of ketones is 1. The van der Waals surface area contributed by atoms with E-state index in [1.807, 2.05) is 220 Å². The topological polar surface area (TPSA) is 365 Å². The smallest absolute Gasteiger partial charge is 0.328 e. The molecule has 7 unspecified atom stereocenters. The second-order valence-electron chi connectivity index (χ2n) is 32.5. The zero-order valence-corrected chi connectivity index (χ0v) is 77.6. The summed E-state index contributed by atoms with van der Waals surface area (Å²) in [5, 5.41) is 23.5. The molecule has 4 aromatic heterocycles. The summed E-state index contributed by atoms with van der Waals surface area (Å²) in [6.07, 6.45) is 13.6. The number of esters is 4. The quantitative estimate of drug-likeness (QED) is 0.0419. The molecule has 0 saturated carbocycles. The van der Waals surface area contributed by atoms with Gasteiger partial charge in [0.2, 0.25) is 0 Å². The molecular weight excluding hydrogens is 1710 g/mol. The number of likely N-dealkylation sites (tertiary alicyclic amines) is 3. The van der Waals surface area contributed by atoms with E-state index in [0.29, 0.717) is 94.8 Å². The van der Waals surface area contributed by atoms with Crippen molar-refractivity contribution >= 4 is 93.6 Å². The molecule has 4 aromatic carbocycles. The maximum Gasteiger partial charge on any atom is 0.328 e. The van der Waals surface area contributed by atoms with E-state index in [1.54, 1.807) is 18.3 Å². The van der Waals surface area contributed by atoms with Gasteiger partial charge in [0.1, 0.15) is 90.3 Å². The summed E-state index contributed by atoms with van der Waals surface area (Å²) < 4.78 is 41.6. The predicted molar refractivity (Wildman–Crippen MR) is 483 cm³/mol. The van der Waals surface area contributed by atoms with Crippen LogP contribution < -0.4 is 24.3 Å². The molecule has 0 radical (unpaired) electrons. The number of nitrogens with zero attached hydrogens (tertiary/aromatic N) is 13. The molecule has 14 rings (SSSR count). The Balaban J connectivity index is 0.000000177. The summed E-state index contributed by atoms with van der Waals surface area (Å²) in [6.45, 7) is 20.0. The van der Waals surface area contributed by atoms with Crippen molar-refractivity contribution in [3.8, 4) is 68.0 Å². The molecule has 10 heterocycles. The van der Waals surface area contributed by atoms with Crippen LogP contribution in [0, 0.1) is 0 Å². The van der Waals surface area contributed by atoms with Gasteiger partial charge < -0.3 is 63.2 Å². The van der Waals surface area contributed by atoms with E-state index in [9.17, 15) is 38.7 Å². The maximum atomic E-state index is 11.9. The molecule has 6 aliphatic heterocycles. The summed E-state index contributed by atoms with van der Waals surface area (Å²) in [7, 11) is 14.8. The summed E-state index contributed by atoms with van der Waals surface area (Å²) in [5.41, 5.74) is 12.1. The highest BCUT2D eigenvalue weighted by Gasteiger charge is 2.40. The second kappa shape index (κ2) is 46.6. The highest BCUT2D eigenvalue weighted by Crippen LogP contribution is 2.40. The molecule has 6 aliphatic rings. The van der Waals surface area contributed by atoms with Crippen molar-refractivity contribution in [3.63, 3.8) is 0 Å². The number of methoxy groups -OCH3 is 4. The number of carboxylic acid groups (broad SMARTS) is 2. The van der Waals surface area contributed by atoms with E-state index in [4.69, 9.17) is 79.9 Å². The Labute approximate surface area is 760 Å². The van der Waals surface area contributed by atoms with Crippen molar-refractivity contribution in [1.29, 1.82) is 0 Å². The van der Waals surface area contributed by atoms with E-state index in [2.05, 4.69) is 54.7 Å². The fourth-order valence-electron chi connectivity index (χ4n) is 15.1. The first kappa shape index (κ1) is 99.7. The maximum absolute atomic E-state index is 11.9. The minimum Gasteiger partial charge on any atom is -0.489 e. The third-order valence-corrected chi connectivity index (χ3v) is 22.6. The lowest BCUT2D eigenvalue weighted by Crippen LogP contribution is -2.33. The number of Topliss-reactive ketones (excluding diaryl/α,β-unsaturated/α-hetero) is 1. The third-order valence-electron chi connectivity index (χ3n) is 21.5. The van der Waals surface area contributed by atoms with Crippen LogP contribution in [-0.4, -0.2) is 267 Å². The summed E-state index contributed by atoms with van der Waals surface area (Å²) in [5.74, 6) is 0.396. The molecule has 31 nitrogen and oxygen atoms in total. The lowest BCUT2D eigenvalue weighted by atomic mass is 10.00. The minimum atomic E-state index is -0.829. The molecule has 127 heavy (non-hydrogen) atoms. The zero-order chi connectivity index (χ0) is 92.8. The standard InChI is InChI=1S/C20H24ClN3O3.C20H22ClN3O3.C19H22ClN3O3.C18H20ClN3O3.C8H13NO2.C7H11NO3/c2*1-12(2)27-19-6-5-13(7-15(19)21)16-9-17(23-11-22-16)14-8-18(20(25)26-4)24(3)10-14;1-11(2)26-18-5-4-12(6-14(18)20)15-8-16(22-10-21-15)13-7-17(19(24)25)23(3)9-13;1-10(2)25-17-4-3-11(5-13(17)19)14-7-15(22-9-21-14)12-6-16(18(23)24)20-8-12;1-6-4-7(8(10)11-3)9(2)5-6;1-8-4-5(9)3-6(8)7(10)11-2/h5-7,9,11-12,14,18H,8,10H2,1-4H3;5-7,9-12,18H,8H2,1-4H3;4-6,8,10-11,13,17H,7,9H2,1-3H3,(H,24,25);3-5,7,9-10,12,16,20H,6,8H2,1-2H3,(H,23,24);5,7H,4H2,1-3H3;6H,3-4H2,1-2H3/t;;;;7-;6-/m....00/s1. The number of carbonyl (C=O) groups is 7. The van der Waals surface area contributed by atoms with Gasteiger partial charge in [-0.25, -0.2) is 49.5 Å². The normalized spacial score (nSPS) is 20.1. The molecule has 0 aliphatic carbocycles. The SMILES string of the molecule is CC(C)Oc1ccc(-c2cc(C3CC(C(=O)O)N(C)C3)ncn2)cc1Cl.CC(C)Oc1ccc(-c2cc(C3CNC(C(=O)O)C3)ncn2)cc1Cl.COC(=O)C1CC(c2cc(-c3ccc(OC(C)C)c(Cl)c3)ncn2)=CN1C.COC(=O)C1CC(c2cc(-c3ccc(OC(C)C)c(Cl)c3)ncn2)CN1C.COC(=O)[C@@H]1CC(=O)CN1C.COC(=O)[C@@H]1CC(C)=CN1C. The number of carboxylic acids is 2. The molecule has 9 atom stereocenters. The Hall–Kier alpha value is -11.0. The first-order chi connectivity index (χ1) is 60.3. The van der Waals surface area contributed by atoms with E-state index >= 15 is 0 Å². The fraction of sp³-hybridized carbons (Fsp3) is 0.446. The highest BCUT2D eigenvalue weighted by atomic mass is 35.5. The third kappa shape index (κ3) is 27.7. The summed E-state index contributed by atoms with van der Waals surface area (Å²) in [6, 6.07) is 28.0. The van der Waals surface area contributed by atoms with Gasteiger partial charge in [0, 0.05) is 116 Å². The average Bonchev–Trinajstić information content (AvgIpc) is 1.79. The van der Waals surface area contributed by atoms with Crippen LogP contribution in [0.25, 0.3) is 50.6 Å². The molecule has 0 amide bonds. The monoisotopic (exact) mass is 1820 g/mol. The first-order valence-corrected chi connectivity index (χ1v) is 43.0. The van der Waals surface area contributed by atoms with Crippen LogP contribution >= 0.6 is 46.4 Å². The largest absolute Gasteiger partial charge is 0.489 e. The number of aliphatic carboxylic acids is 2. The zero-order valence-electron chi connectivity index (χ0n) is 74.6. The number of halogens is 4. The molecule has 8 aromatic rings. The van der Waals surface area contributed by atoms with Crippen molar-refractivity contribution in [2.45, 2.75) is 179 Å². The van der Waals surface area contributed by atoms with Crippen LogP contribution in [-0.2, 0) is 52.5 Å². The number of hydrogen-bond acceptors (Lipinski definition) is 29. The van der Waals surface area contributed by atoms with Gasteiger partial charge in [0.25, 0.3) is 0 Å². The van der Waals surface area contributed by atoms with Crippen molar-refractivity contribution in [3.05, 3.63) is 183 Å². The van der Waals surface area contributed by atoms with Crippen molar-refractivity contribution in [2.75, 3.05) is 89.9 Å². The predicted octanol–water partition coefficient (Wildman–Crippen LogP) is 14.1. The lowest BCUT2D eigenvalue weighted by Gasteiger charge is -2.17. The Kier molecular flexibility index (Phi) is 36.6. The Morgan fingerprint density at radius 3 is 1.09 bits per heavy atom.